The highest BCUT2D eigenvalue weighted by Crippen LogP contribution is 2.23. The molecule has 0 aliphatic carbocycles. The average Bonchev–Trinajstić information content (AvgIpc) is 2.74. The van der Waals surface area contributed by atoms with Gasteiger partial charge in [0.15, 0.2) is 0 Å². The molecule has 0 spiro atoms. The van der Waals surface area contributed by atoms with Gasteiger partial charge in [0.05, 0.1) is 16.4 Å². The Labute approximate surface area is 176 Å². The van der Waals surface area contributed by atoms with Crippen molar-refractivity contribution in [3.8, 4) is 11.3 Å². The van der Waals surface area contributed by atoms with Gasteiger partial charge in [-0.2, -0.15) is 0 Å². The number of thioether (sulfide) groups is 1. The molecule has 0 saturated heterocycles. The highest BCUT2D eigenvalue weighted by atomic mass is 32.2. The van der Waals surface area contributed by atoms with Crippen molar-refractivity contribution in [2.75, 3.05) is 16.4 Å². The molecule has 1 heterocycles. The molecule has 0 saturated carbocycles. The maximum Gasteiger partial charge on any atom is 0.270 e. The molecule has 0 aliphatic heterocycles. The number of carbonyl (C=O) groups excluding carboxylic acids is 2. The summed E-state index contributed by atoms with van der Waals surface area (Å²) in [5, 5.41) is 25.0. The van der Waals surface area contributed by atoms with Gasteiger partial charge in [-0.1, -0.05) is 23.9 Å². The lowest BCUT2D eigenvalue weighted by Crippen LogP contribution is -2.14. The summed E-state index contributed by atoms with van der Waals surface area (Å²) >= 11 is 1.22. The number of aromatic nitrogens is 2. The number of non-ortho nitro benzene ring substituents is 1. The first-order valence-corrected chi connectivity index (χ1v) is 9.78. The van der Waals surface area contributed by atoms with Crippen molar-refractivity contribution in [3.63, 3.8) is 0 Å². The van der Waals surface area contributed by atoms with Crippen LogP contribution in [-0.2, 0) is 9.59 Å². The first-order chi connectivity index (χ1) is 14.4. The van der Waals surface area contributed by atoms with Crippen molar-refractivity contribution in [2.45, 2.75) is 11.9 Å². The first kappa shape index (κ1) is 20.9. The maximum absolute atomic E-state index is 12.1. The Kier molecular flexibility index (Phi) is 6.71. The van der Waals surface area contributed by atoms with Crippen LogP contribution in [0.1, 0.15) is 6.92 Å². The van der Waals surface area contributed by atoms with Crippen LogP contribution in [0.4, 0.5) is 17.1 Å². The maximum atomic E-state index is 12.1. The number of anilines is 2. The number of amides is 2. The Morgan fingerprint density at radius 3 is 2.30 bits per heavy atom. The lowest BCUT2D eigenvalue weighted by Gasteiger charge is -2.07. The van der Waals surface area contributed by atoms with Gasteiger partial charge in [-0.15, -0.1) is 10.2 Å². The van der Waals surface area contributed by atoms with Crippen LogP contribution >= 0.6 is 11.8 Å². The van der Waals surface area contributed by atoms with Gasteiger partial charge in [0.1, 0.15) is 5.03 Å². The molecule has 0 aliphatic rings. The van der Waals surface area contributed by atoms with E-state index >= 15 is 0 Å². The summed E-state index contributed by atoms with van der Waals surface area (Å²) in [4.78, 5) is 33.6. The fourth-order valence-corrected chi connectivity index (χ4v) is 3.12. The van der Waals surface area contributed by atoms with Crippen molar-refractivity contribution in [1.82, 2.24) is 10.2 Å². The molecule has 0 fully saturated rings. The number of hydrogen-bond donors (Lipinski definition) is 2. The van der Waals surface area contributed by atoms with E-state index in [0.29, 0.717) is 27.7 Å². The summed E-state index contributed by atoms with van der Waals surface area (Å²) in [6, 6.07) is 16.3. The smallest absolute Gasteiger partial charge is 0.270 e. The SMILES string of the molecule is CC(=O)Nc1ccc(NC(=O)CSc2ccc(-c3cccc([N+](=O)[O-])c3)nn2)cc1. The second-order valence-electron chi connectivity index (χ2n) is 6.16. The summed E-state index contributed by atoms with van der Waals surface area (Å²) in [7, 11) is 0. The van der Waals surface area contributed by atoms with Gasteiger partial charge in [-0.3, -0.25) is 19.7 Å². The number of nitrogens with one attached hydrogen (secondary N) is 2. The largest absolute Gasteiger partial charge is 0.326 e. The van der Waals surface area contributed by atoms with Crippen LogP contribution in [0, 0.1) is 10.1 Å². The second kappa shape index (κ2) is 9.61. The predicted molar refractivity (Wildman–Crippen MR) is 114 cm³/mol. The molecule has 3 rings (SSSR count). The van der Waals surface area contributed by atoms with Gasteiger partial charge in [0, 0.05) is 36.0 Å². The second-order valence-corrected chi connectivity index (χ2v) is 7.16. The molecule has 152 valence electrons. The molecule has 3 aromatic rings. The molecule has 0 atom stereocenters. The molecular weight excluding hydrogens is 406 g/mol. The van der Waals surface area contributed by atoms with E-state index in [0.717, 1.165) is 0 Å². The standard InChI is InChI=1S/C20H17N5O4S/c1-13(26)21-15-5-7-16(8-6-15)22-19(27)12-30-20-10-9-18(23-24-20)14-3-2-4-17(11-14)25(28)29/h2-11H,12H2,1H3,(H,21,26)(H,22,27). The highest BCUT2D eigenvalue weighted by molar-refractivity contribution is 7.99. The zero-order chi connectivity index (χ0) is 21.5. The Balaban J connectivity index is 1.54. The number of hydrogen-bond acceptors (Lipinski definition) is 7. The molecule has 2 aromatic carbocycles. The summed E-state index contributed by atoms with van der Waals surface area (Å²) in [5.74, 6) is -0.240. The predicted octanol–water partition coefficient (Wildman–Crippen LogP) is 3.74. The zero-order valence-electron chi connectivity index (χ0n) is 15.9. The van der Waals surface area contributed by atoms with Crippen LogP contribution < -0.4 is 10.6 Å². The van der Waals surface area contributed by atoms with Crippen molar-refractivity contribution < 1.29 is 14.5 Å². The van der Waals surface area contributed by atoms with E-state index in [1.54, 1.807) is 48.5 Å². The Morgan fingerprint density at radius 2 is 1.70 bits per heavy atom. The average molecular weight is 423 g/mol. The fourth-order valence-electron chi connectivity index (χ4n) is 2.51. The number of nitro benzene ring substituents is 1. The Hall–Kier alpha value is -3.79. The number of nitro groups is 1. The lowest BCUT2D eigenvalue weighted by atomic mass is 10.1. The number of carbonyl (C=O) groups is 2. The monoisotopic (exact) mass is 423 g/mol. The molecule has 9 nitrogen and oxygen atoms in total. The number of rotatable bonds is 7. The molecule has 1 aromatic heterocycles. The summed E-state index contributed by atoms with van der Waals surface area (Å²) in [6.45, 7) is 1.42. The third-order valence-electron chi connectivity index (χ3n) is 3.83. The molecule has 0 unspecified atom stereocenters. The van der Waals surface area contributed by atoms with Gasteiger partial charge in [-0.05, 0) is 36.4 Å². The van der Waals surface area contributed by atoms with E-state index in [1.165, 1.54) is 30.8 Å². The molecule has 10 heteroatoms. The Bertz CT molecular complexity index is 1070. The van der Waals surface area contributed by atoms with Crippen molar-refractivity contribution in [3.05, 3.63) is 70.8 Å². The van der Waals surface area contributed by atoms with Crippen molar-refractivity contribution in [1.29, 1.82) is 0 Å². The molecule has 30 heavy (non-hydrogen) atoms. The van der Waals surface area contributed by atoms with E-state index < -0.39 is 4.92 Å². The number of nitrogens with zero attached hydrogens (tertiary/aromatic N) is 3. The van der Waals surface area contributed by atoms with Gasteiger partial charge in [0.25, 0.3) is 5.69 Å². The van der Waals surface area contributed by atoms with Crippen LogP contribution in [0.25, 0.3) is 11.3 Å². The van der Waals surface area contributed by atoms with Gasteiger partial charge in [0.2, 0.25) is 11.8 Å². The minimum absolute atomic E-state index is 0.0190. The summed E-state index contributed by atoms with van der Waals surface area (Å²) in [6.07, 6.45) is 0. The molecule has 2 amide bonds. The van der Waals surface area contributed by atoms with Crippen LogP contribution in [0.15, 0.2) is 65.7 Å². The van der Waals surface area contributed by atoms with E-state index in [4.69, 9.17) is 0 Å². The normalized spacial score (nSPS) is 10.3. The van der Waals surface area contributed by atoms with Crippen LogP contribution in [0.5, 0.6) is 0 Å². The van der Waals surface area contributed by atoms with E-state index in [1.807, 2.05) is 0 Å². The first-order valence-electron chi connectivity index (χ1n) is 8.79. The summed E-state index contributed by atoms with van der Waals surface area (Å²) in [5.41, 5.74) is 2.34. The Morgan fingerprint density at radius 1 is 1.00 bits per heavy atom. The zero-order valence-corrected chi connectivity index (χ0v) is 16.7. The van der Waals surface area contributed by atoms with Gasteiger partial charge in [-0.25, -0.2) is 0 Å². The van der Waals surface area contributed by atoms with E-state index in [-0.39, 0.29) is 23.3 Å². The topological polar surface area (TPSA) is 127 Å². The quantitative estimate of drug-likeness (QED) is 0.337. The molecule has 0 radical (unpaired) electrons. The van der Waals surface area contributed by atoms with Crippen LogP contribution in [-0.4, -0.2) is 32.7 Å². The third kappa shape index (κ3) is 5.85. The van der Waals surface area contributed by atoms with Crippen LogP contribution in [0.2, 0.25) is 0 Å². The molecule has 2 N–H and O–H groups in total. The van der Waals surface area contributed by atoms with Gasteiger partial charge >= 0.3 is 0 Å². The van der Waals surface area contributed by atoms with E-state index in [2.05, 4.69) is 20.8 Å². The van der Waals surface area contributed by atoms with Crippen molar-refractivity contribution in [2.24, 2.45) is 0 Å². The molecular formula is C20H17N5O4S. The van der Waals surface area contributed by atoms with Crippen molar-refractivity contribution >= 4 is 40.6 Å². The fraction of sp³-hybridized carbons (Fsp3) is 0.100. The summed E-state index contributed by atoms with van der Waals surface area (Å²) < 4.78 is 0. The van der Waals surface area contributed by atoms with Gasteiger partial charge < -0.3 is 10.6 Å². The minimum atomic E-state index is -0.465. The lowest BCUT2D eigenvalue weighted by molar-refractivity contribution is -0.384. The molecule has 0 bridgehead atoms. The number of benzene rings is 2. The highest BCUT2D eigenvalue weighted by Gasteiger charge is 2.10. The van der Waals surface area contributed by atoms with E-state index in [9.17, 15) is 19.7 Å². The third-order valence-corrected chi connectivity index (χ3v) is 4.75. The van der Waals surface area contributed by atoms with Crippen LogP contribution in [0.3, 0.4) is 0 Å². The minimum Gasteiger partial charge on any atom is -0.326 e.